The van der Waals surface area contributed by atoms with Crippen molar-refractivity contribution in [1.82, 2.24) is 5.32 Å². The molecule has 0 aliphatic carbocycles. The smallest absolute Gasteiger partial charge is 0.120 e. The molecular weight excluding hydrogens is 313 g/mol. The minimum atomic E-state index is 0.736. The molecule has 88 valence electrons. The third-order valence-corrected chi connectivity index (χ3v) is 3.60. The first-order valence-corrected chi connectivity index (χ1v) is 7.04. The molecule has 0 amide bonds. The molecule has 0 bridgehead atoms. The summed E-state index contributed by atoms with van der Waals surface area (Å²) in [5, 5.41) is 3.51. The van der Waals surface area contributed by atoms with Gasteiger partial charge in [-0.1, -0.05) is 6.07 Å². The van der Waals surface area contributed by atoms with Gasteiger partial charge in [0.1, 0.15) is 5.75 Å². The molecule has 0 radical (unpaired) electrons. The van der Waals surface area contributed by atoms with Gasteiger partial charge in [0.05, 0.1) is 6.61 Å². The van der Waals surface area contributed by atoms with Crippen molar-refractivity contribution in [3.63, 3.8) is 0 Å². The number of halogens is 1. The molecule has 3 heteroatoms. The molecule has 0 saturated carbocycles. The average molecular weight is 331 g/mol. The van der Waals surface area contributed by atoms with Crippen molar-refractivity contribution in [2.24, 2.45) is 0 Å². The zero-order valence-electron chi connectivity index (χ0n) is 9.42. The van der Waals surface area contributed by atoms with Crippen molar-refractivity contribution < 1.29 is 4.74 Å². The average Bonchev–Trinajstić information content (AvgIpc) is 2.77. The highest BCUT2D eigenvalue weighted by Gasteiger charge is 2.12. The van der Waals surface area contributed by atoms with E-state index in [2.05, 4.69) is 40.0 Å². The Labute approximate surface area is 111 Å². The van der Waals surface area contributed by atoms with Crippen LogP contribution in [0.25, 0.3) is 0 Å². The van der Waals surface area contributed by atoms with Gasteiger partial charge in [0.15, 0.2) is 0 Å². The van der Waals surface area contributed by atoms with Gasteiger partial charge in [-0.15, -0.1) is 0 Å². The SMILES string of the molecule is Ic1cccc(OCCCC2CCCN2)c1. The largest absolute Gasteiger partial charge is 0.494 e. The molecule has 1 aromatic rings. The lowest BCUT2D eigenvalue weighted by atomic mass is 10.1. The van der Waals surface area contributed by atoms with Gasteiger partial charge in [-0.2, -0.15) is 0 Å². The summed E-state index contributed by atoms with van der Waals surface area (Å²) < 4.78 is 6.94. The van der Waals surface area contributed by atoms with Crippen LogP contribution < -0.4 is 10.1 Å². The van der Waals surface area contributed by atoms with E-state index in [0.29, 0.717) is 0 Å². The Bertz CT molecular complexity index is 323. The van der Waals surface area contributed by atoms with Crippen LogP contribution in [0.1, 0.15) is 25.7 Å². The fourth-order valence-electron chi connectivity index (χ4n) is 2.08. The van der Waals surface area contributed by atoms with Gasteiger partial charge in [-0.3, -0.25) is 0 Å². The first-order valence-electron chi connectivity index (χ1n) is 5.96. The van der Waals surface area contributed by atoms with Crippen LogP contribution in [-0.4, -0.2) is 19.2 Å². The second-order valence-electron chi connectivity index (χ2n) is 4.24. The van der Waals surface area contributed by atoms with Crippen molar-refractivity contribution in [3.8, 4) is 5.75 Å². The van der Waals surface area contributed by atoms with E-state index in [1.165, 1.54) is 29.4 Å². The summed E-state index contributed by atoms with van der Waals surface area (Å²) in [6.07, 6.45) is 5.05. The molecule has 2 nitrogen and oxygen atoms in total. The van der Waals surface area contributed by atoms with Crippen LogP contribution in [-0.2, 0) is 0 Å². The summed E-state index contributed by atoms with van der Waals surface area (Å²) in [6.45, 7) is 2.03. The summed E-state index contributed by atoms with van der Waals surface area (Å²) in [5.74, 6) is 0.992. The molecule has 1 aliphatic rings. The van der Waals surface area contributed by atoms with Gasteiger partial charge >= 0.3 is 0 Å². The van der Waals surface area contributed by atoms with Crippen molar-refractivity contribution in [2.45, 2.75) is 31.7 Å². The molecule has 1 N–H and O–H groups in total. The highest BCUT2D eigenvalue weighted by atomic mass is 127. The molecule has 1 aliphatic heterocycles. The Morgan fingerprint density at radius 1 is 1.44 bits per heavy atom. The number of hydrogen-bond acceptors (Lipinski definition) is 2. The quantitative estimate of drug-likeness (QED) is 0.661. The van der Waals surface area contributed by atoms with E-state index in [1.54, 1.807) is 0 Å². The monoisotopic (exact) mass is 331 g/mol. The minimum Gasteiger partial charge on any atom is -0.494 e. The minimum absolute atomic E-state index is 0.736. The fraction of sp³-hybridized carbons (Fsp3) is 0.538. The van der Waals surface area contributed by atoms with Gasteiger partial charge < -0.3 is 10.1 Å². The summed E-state index contributed by atoms with van der Waals surface area (Å²) >= 11 is 2.31. The van der Waals surface area contributed by atoms with Crippen molar-refractivity contribution in [2.75, 3.05) is 13.2 Å². The van der Waals surface area contributed by atoms with Crippen LogP contribution >= 0.6 is 22.6 Å². The van der Waals surface area contributed by atoms with Gasteiger partial charge in [0, 0.05) is 9.61 Å². The summed E-state index contributed by atoms with van der Waals surface area (Å²) in [6, 6.07) is 8.95. The molecule has 0 spiro atoms. The van der Waals surface area contributed by atoms with Crippen molar-refractivity contribution in [1.29, 1.82) is 0 Å². The Balaban J connectivity index is 1.64. The molecule has 2 rings (SSSR count). The van der Waals surface area contributed by atoms with Crippen LogP contribution in [0.4, 0.5) is 0 Å². The van der Waals surface area contributed by atoms with Crippen LogP contribution in [0.3, 0.4) is 0 Å². The first-order chi connectivity index (χ1) is 7.84. The summed E-state index contributed by atoms with van der Waals surface area (Å²) in [7, 11) is 0. The maximum Gasteiger partial charge on any atom is 0.120 e. The van der Waals surface area contributed by atoms with E-state index in [1.807, 2.05) is 12.1 Å². The zero-order chi connectivity index (χ0) is 11.2. The van der Waals surface area contributed by atoms with Gasteiger partial charge in [0.25, 0.3) is 0 Å². The highest BCUT2D eigenvalue weighted by molar-refractivity contribution is 14.1. The highest BCUT2D eigenvalue weighted by Crippen LogP contribution is 2.16. The predicted molar refractivity (Wildman–Crippen MR) is 74.9 cm³/mol. The van der Waals surface area contributed by atoms with Crippen LogP contribution in [0.5, 0.6) is 5.75 Å². The molecule has 1 fully saturated rings. The molecule has 1 atom stereocenters. The van der Waals surface area contributed by atoms with E-state index in [9.17, 15) is 0 Å². The van der Waals surface area contributed by atoms with E-state index < -0.39 is 0 Å². The maximum atomic E-state index is 5.71. The van der Waals surface area contributed by atoms with Gasteiger partial charge in [-0.05, 0) is 73.0 Å². The lowest BCUT2D eigenvalue weighted by Gasteiger charge is -2.10. The van der Waals surface area contributed by atoms with Gasteiger partial charge in [-0.25, -0.2) is 0 Å². The van der Waals surface area contributed by atoms with Crippen LogP contribution in [0, 0.1) is 3.57 Å². The summed E-state index contributed by atoms with van der Waals surface area (Å²) in [4.78, 5) is 0. The first kappa shape index (κ1) is 12.2. The van der Waals surface area contributed by atoms with E-state index >= 15 is 0 Å². The molecule has 1 saturated heterocycles. The molecule has 1 unspecified atom stereocenters. The standard InChI is InChI=1S/C13H18INO/c14-11-4-1-7-13(10-11)16-9-3-6-12-5-2-8-15-12/h1,4,7,10,12,15H,2-3,5-6,8-9H2. The van der Waals surface area contributed by atoms with Gasteiger partial charge in [0.2, 0.25) is 0 Å². The number of hydrogen-bond donors (Lipinski definition) is 1. The third kappa shape index (κ3) is 3.94. The van der Waals surface area contributed by atoms with E-state index in [4.69, 9.17) is 4.74 Å². The van der Waals surface area contributed by atoms with Crippen LogP contribution in [0.15, 0.2) is 24.3 Å². The Morgan fingerprint density at radius 3 is 3.12 bits per heavy atom. The van der Waals surface area contributed by atoms with Crippen molar-refractivity contribution in [3.05, 3.63) is 27.8 Å². The zero-order valence-corrected chi connectivity index (χ0v) is 11.6. The lowest BCUT2D eigenvalue weighted by Crippen LogP contribution is -2.21. The molecule has 1 heterocycles. The number of nitrogens with one attached hydrogen (secondary N) is 1. The molecular formula is C13H18INO. The third-order valence-electron chi connectivity index (χ3n) is 2.92. The van der Waals surface area contributed by atoms with Crippen molar-refractivity contribution >= 4 is 22.6 Å². The van der Waals surface area contributed by atoms with Crippen LogP contribution in [0.2, 0.25) is 0 Å². The molecule has 1 aromatic carbocycles. The topological polar surface area (TPSA) is 21.3 Å². The molecule has 16 heavy (non-hydrogen) atoms. The number of benzene rings is 1. The Hall–Kier alpha value is -0.290. The second-order valence-corrected chi connectivity index (χ2v) is 5.49. The number of ether oxygens (including phenoxy) is 1. The summed E-state index contributed by atoms with van der Waals surface area (Å²) in [5.41, 5.74) is 0. The maximum absolute atomic E-state index is 5.71. The lowest BCUT2D eigenvalue weighted by molar-refractivity contribution is 0.299. The van der Waals surface area contributed by atoms with E-state index in [-0.39, 0.29) is 0 Å². The Morgan fingerprint density at radius 2 is 2.38 bits per heavy atom. The fourth-order valence-corrected chi connectivity index (χ4v) is 2.59. The Kier molecular flexibility index (Phi) is 4.91. The molecule has 0 aromatic heterocycles. The normalized spacial score (nSPS) is 19.9. The number of rotatable bonds is 5. The predicted octanol–water partition coefficient (Wildman–Crippen LogP) is 3.20. The second kappa shape index (κ2) is 6.45. The van der Waals surface area contributed by atoms with E-state index in [0.717, 1.165) is 24.8 Å².